The van der Waals surface area contributed by atoms with Gasteiger partial charge < -0.3 is 19.9 Å². The minimum Gasteiger partial charge on any atom is -0.452 e. The van der Waals surface area contributed by atoms with E-state index in [1.165, 1.54) is 35.5 Å². The van der Waals surface area contributed by atoms with E-state index in [0.717, 1.165) is 32.1 Å². The van der Waals surface area contributed by atoms with Crippen molar-refractivity contribution in [2.75, 3.05) is 31.6 Å². The van der Waals surface area contributed by atoms with E-state index in [1.54, 1.807) is 0 Å². The molecule has 0 aromatic heterocycles. The maximum atomic E-state index is 13.1. The maximum absolute atomic E-state index is 13.1. The van der Waals surface area contributed by atoms with Gasteiger partial charge in [-0.05, 0) is 81.5 Å². The van der Waals surface area contributed by atoms with Crippen LogP contribution in [0.5, 0.6) is 0 Å². The molecule has 9 nitrogen and oxygen atoms in total. The molecule has 1 aromatic rings. The van der Waals surface area contributed by atoms with Crippen LogP contribution in [0.4, 0.5) is 5.69 Å². The Balaban J connectivity index is 1.20. The predicted octanol–water partition coefficient (Wildman–Crippen LogP) is 1.91. The fraction of sp³-hybridized carbons (Fsp3) is 0.667. The fourth-order valence-electron chi connectivity index (χ4n) is 6.68. The van der Waals surface area contributed by atoms with Crippen molar-refractivity contribution in [1.82, 2.24) is 4.31 Å². The average molecular weight is 493 g/mol. The van der Waals surface area contributed by atoms with Crippen molar-refractivity contribution < 1.29 is 32.6 Å². The third-order valence-electron chi connectivity index (χ3n) is 7.85. The molecule has 3 atom stereocenters. The molecule has 1 saturated heterocycles. The van der Waals surface area contributed by atoms with Crippen LogP contribution >= 0.6 is 0 Å². The number of nitrogens with one attached hydrogen (secondary N) is 1. The first kappa shape index (κ1) is 23.7. The Morgan fingerprint density at radius 1 is 1.12 bits per heavy atom. The summed E-state index contributed by atoms with van der Waals surface area (Å²) >= 11 is 0. The van der Waals surface area contributed by atoms with Crippen molar-refractivity contribution in [2.45, 2.75) is 62.0 Å². The lowest BCUT2D eigenvalue weighted by molar-refractivity contribution is -0.199. The van der Waals surface area contributed by atoms with E-state index < -0.39 is 39.0 Å². The summed E-state index contributed by atoms with van der Waals surface area (Å²) in [6.45, 7) is 2.88. The number of amides is 1. The highest BCUT2D eigenvalue weighted by Crippen LogP contribution is 2.62. The summed E-state index contributed by atoms with van der Waals surface area (Å²) in [6.07, 6.45) is 3.42. The SMILES string of the molecule is CC(OC(=O)C12CC3CC(CC(O)(C3)C1)C2)C(=O)Nc1ccc(S(=O)(=O)N2CCOCC2)cc1. The van der Waals surface area contributed by atoms with Crippen molar-refractivity contribution in [3.8, 4) is 0 Å². The van der Waals surface area contributed by atoms with Crippen LogP contribution in [0.25, 0.3) is 0 Å². The van der Waals surface area contributed by atoms with E-state index >= 15 is 0 Å². The van der Waals surface area contributed by atoms with E-state index in [2.05, 4.69) is 5.32 Å². The summed E-state index contributed by atoms with van der Waals surface area (Å²) < 4.78 is 37.7. The van der Waals surface area contributed by atoms with Gasteiger partial charge in [0.2, 0.25) is 10.0 Å². The molecule has 10 heteroatoms. The molecule has 0 spiro atoms. The molecule has 6 rings (SSSR count). The Hall–Kier alpha value is -2.01. The molecular formula is C24H32N2O7S. The van der Waals surface area contributed by atoms with Crippen molar-refractivity contribution in [2.24, 2.45) is 17.3 Å². The van der Waals surface area contributed by atoms with Crippen molar-refractivity contribution in [3.05, 3.63) is 24.3 Å². The number of morpholine rings is 1. The number of hydrogen-bond acceptors (Lipinski definition) is 7. The third-order valence-corrected chi connectivity index (χ3v) is 9.76. The predicted molar refractivity (Wildman–Crippen MR) is 122 cm³/mol. The standard InChI is InChI=1S/C24H32N2O7S/c1-16(33-22(28)23-11-17-10-18(12-23)14-24(29,13-17)15-23)21(27)25-19-2-4-20(5-3-19)34(30,31)26-6-8-32-9-7-26/h2-5,16-18,29H,6-15H2,1H3,(H,25,27). The molecule has 1 amide bonds. The lowest BCUT2D eigenvalue weighted by Gasteiger charge is -2.58. The number of anilines is 1. The highest BCUT2D eigenvalue weighted by molar-refractivity contribution is 7.89. The molecule has 0 radical (unpaired) electrons. The van der Waals surface area contributed by atoms with Crippen LogP contribution < -0.4 is 5.32 Å². The second kappa shape index (κ2) is 8.58. The van der Waals surface area contributed by atoms with E-state index in [1.807, 2.05) is 0 Å². The van der Waals surface area contributed by atoms with Gasteiger partial charge in [0, 0.05) is 18.8 Å². The zero-order valence-electron chi connectivity index (χ0n) is 19.4. The van der Waals surface area contributed by atoms with Crippen LogP contribution in [0.15, 0.2) is 29.2 Å². The Bertz CT molecular complexity index is 1050. The van der Waals surface area contributed by atoms with Crippen molar-refractivity contribution in [3.63, 3.8) is 0 Å². The molecule has 1 aromatic carbocycles. The van der Waals surface area contributed by atoms with Gasteiger partial charge in [-0.15, -0.1) is 0 Å². The third kappa shape index (κ3) is 4.36. The molecule has 4 saturated carbocycles. The molecule has 34 heavy (non-hydrogen) atoms. The van der Waals surface area contributed by atoms with Crippen LogP contribution in [0.1, 0.15) is 45.4 Å². The molecule has 3 unspecified atom stereocenters. The zero-order chi connectivity index (χ0) is 24.1. The molecule has 5 fully saturated rings. The summed E-state index contributed by atoms with van der Waals surface area (Å²) in [5, 5.41) is 13.6. The molecular weight excluding hydrogens is 460 g/mol. The number of aliphatic hydroxyl groups is 1. The van der Waals surface area contributed by atoms with E-state index in [9.17, 15) is 23.1 Å². The minimum absolute atomic E-state index is 0.145. The lowest BCUT2D eigenvalue weighted by atomic mass is 9.48. The molecule has 5 aliphatic rings. The Morgan fingerprint density at radius 3 is 2.32 bits per heavy atom. The molecule has 186 valence electrons. The van der Waals surface area contributed by atoms with Gasteiger partial charge in [-0.25, -0.2) is 8.42 Å². The van der Waals surface area contributed by atoms with Gasteiger partial charge in [0.15, 0.2) is 6.10 Å². The van der Waals surface area contributed by atoms with Crippen molar-refractivity contribution in [1.29, 1.82) is 0 Å². The van der Waals surface area contributed by atoms with Crippen LogP contribution in [-0.4, -0.2) is 67.7 Å². The first-order valence-corrected chi connectivity index (χ1v) is 13.4. The number of sulfonamides is 1. The molecule has 1 heterocycles. The van der Waals surface area contributed by atoms with Crippen LogP contribution in [0.2, 0.25) is 0 Å². The molecule has 2 N–H and O–H groups in total. The number of carbonyl (C=O) groups excluding carboxylic acids is 2. The Labute approximate surface area is 199 Å². The number of hydrogen-bond donors (Lipinski definition) is 2. The van der Waals surface area contributed by atoms with Crippen LogP contribution in [0, 0.1) is 17.3 Å². The fourth-order valence-corrected chi connectivity index (χ4v) is 8.09. The van der Waals surface area contributed by atoms with E-state index in [-0.39, 0.29) is 4.90 Å². The molecule has 1 aliphatic heterocycles. The number of ether oxygens (including phenoxy) is 2. The van der Waals surface area contributed by atoms with E-state index in [4.69, 9.17) is 9.47 Å². The second-order valence-electron chi connectivity index (χ2n) is 10.5. The highest BCUT2D eigenvalue weighted by Gasteiger charge is 2.61. The normalized spacial score (nSPS) is 33.9. The van der Waals surface area contributed by atoms with Crippen molar-refractivity contribution >= 4 is 27.6 Å². The highest BCUT2D eigenvalue weighted by atomic mass is 32.2. The zero-order valence-corrected chi connectivity index (χ0v) is 20.2. The summed E-state index contributed by atoms with van der Waals surface area (Å²) in [5.74, 6) is -0.194. The Kier molecular flexibility index (Phi) is 5.99. The van der Waals surface area contributed by atoms with E-state index in [0.29, 0.717) is 50.2 Å². The van der Waals surface area contributed by atoms with Gasteiger partial charge in [0.05, 0.1) is 29.1 Å². The Morgan fingerprint density at radius 2 is 1.74 bits per heavy atom. The van der Waals surface area contributed by atoms with Gasteiger partial charge in [-0.2, -0.15) is 4.31 Å². The number of nitrogens with zero attached hydrogens (tertiary/aromatic N) is 1. The minimum atomic E-state index is -3.62. The van der Waals surface area contributed by atoms with Gasteiger partial charge in [0.25, 0.3) is 5.91 Å². The first-order valence-electron chi connectivity index (χ1n) is 12.0. The lowest BCUT2D eigenvalue weighted by Crippen LogP contribution is -2.59. The monoisotopic (exact) mass is 492 g/mol. The number of benzene rings is 1. The van der Waals surface area contributed by atoms with Gasteiger partial charge in [-0.3, -0.25) is 9.59 Å². The summed E-state index contributed by atoms with van der Waals surface area (Å²) in [4.78, 5) is 26.0. The summed E-state index contributed by atoms with van der Waals surface area (Å²) in [5.41, 5.74) is -1.06. The second-order valence-corrected chi connectivity index (χ2v) is 12.5. The number of esters is 1. The number of rotatable bonds is 6. The van der Waals surface area contributed by atoms with Gasteiger partial charge in [-0.1, -0.05) is 0 Å². The maximum Gasteiger partial charge on any atom is 0.312 e. The van der Waals surface area contributed by atoms with Crippen LogP contribution in [-0.2, 0) is 29.1 Å². The number of carbonyl (C=O) groups is 2. The largest absolute Gasteiger partial charge is 0.452 e. The first-order chi connectivity index (χ1) is 16.1. The summed E-state index contributed by atoms with van der Waals surface area (Å²) in [7, 11) is -3.62. The molecule has 4 aliphatic carbocycles. The average Bonchev–Trinajstić information content (AvgIpc) is 2.78. The molecule has 4 bridgehead atoms. The summed E-state index contributed by atoms with van der Waals surface area (Å²) in [6, 6.07) is 5.95. The quantitative estimate of drug-likeness (QED) is 0.582. The van der Waals surface area contributed by atoms with Gasteiger partial charge in [0.1, 0.15) is 0 Å². The topological polar surface area (TPSA) is 122 Å². The smallest absolute Gasteiger partial charge is 0.312 e. The van der Waals surface area contributed by atoms with Crippen LogP contribution in [0.3, 0.4) is 0 Å². The van der Waals surface area contributed by atoms with Gasteiger partial charge >= 0.3 is 5.97 Å².